The molecule has 0 fully saturated rings. The fourth-order valence-corrected chi connectivity index (χ4v) is 1.42. The van der Waals surface area contributed by atoms with Crippen molar-refractivity contribution >= 4 is 0 Å². The van der Waals surface area contributed by atoms with Gasteiger partial charge in [-0.15, -0.1) is 0 Å². The van der Waals surface area contributed by atoms with E-state index >= 15 is 0 Å². The molecule has 0 spiro atoms. The number of rotatable bonds is 7. The van der Waals surface area contributed by atoms with Crippen LogP contribution in [-0.2, 0) is 0 Å². The zero-order valence-electron chi connectivity index (χ0n) is 9.05. The van der Waals surface area contributed by atoms with Crippen LogP contribution >= 0.6 is 0 Å². The molecule has 0 aliphatic heterocycles. The summed E-state index contributed by atoms with van der Waals surface area (Å²) in [5.74, 6) is 0.840. The molecule has 0 saturated heterocycles. The number of hydrogen-bond donors (Lipinski definition) is 0. The molecule has 0 unspecified atom stereocenters. The smallest absolute Gasteiger partial charge is 0.0994 e. The Morgan fingerprint density at radius 1 is 1.38 bits per heavy atom. The molecule has 0 aromatic carbocycles. The lowest BCUT2D eigenvalue weighted by molar-refractivity contribution is 0.455. The van der Waals surface area contributed by atoms with Gasteiger partial charge in [-0.05, 0) is 25.7 Å². The summed E-state index contributed by atoms with van der Waals surface area (Å²) >= 11 is 0. The lowest BCUT2D eigenvalue weighted by Crippen LogP contribution is -1.96. The van der Waals surface area contributed by atoms with Crippen LogP contribution in [0.25, 0.3) is 0 Å². The molecule has 0 aliphatic carbocycles. The van der Waals surface area contributed by atoms with Crippen LogP contribution in [0.1, 0.15) is 46.5 Å². The quantitative estimate of drug-likeness (QED) is 0.434. The summed E-state index contributed by atoms with van der Waals surface area (Å²) in [5.41, 5.74) is 1.30. The average Bonchev–Trinajstić information content (AvgIpc) is 2.16. The number of nitroso groups, excluding NO2 is 1. The van der Waals surface area contributed by atoms with Crippen LogP contribution in [0, 0.1) is 10.8 Å². The molecule has 0 N–H and O–H groups in total. The van der Waals surface area contributed by atoms with Gasteiger partial charge in [-0.1, -0.05) is 43.5 Å². The first-order valence-corrected chi connectivity index (χ1v) is 5.19. The Hall–Kier alpha value is -0.660. The van der Waals surface area contributed by atoms with Crippen LogP contribution in [0.3, 0.4) is 0 Å². The van der Waals surface area contributed by atoms with Gasteiger partial charge in [-0.3, -0.25) is 0 Å². The Kier molecular flexibility index (Phi) is 7.56. The summed E-state index contributed by atoms with van der Waals surface area (Å²) in [6, 6.07) is 0. The first-order valence-electron chi connectivity index (χ1n) is 5.19. The highest BCUT2D eigenvalue weighted by atomic mass is 16.3. The van der Waals surface area contributed by atoms with Crippen molar-refractivity contribution < 1.29 is 0 Å². The second-order valence-corrected chi connectivity index (χ2v) is 3.58. The van der Waals surface area contributed by atoms with Crippen molar-refractivity contribution in [3.05, 3.63) is 16.6 Å². The van der Waals surface area contributed by atoms with E-state index in [1.54, 1.807) is 0 Å². The Morgan fingerprint density at radius 3 is 2.46 bits per heavy atom. The van der Waals surface area contributed by atoms with Gasteiger partial charge >= 0.3 is 0 Å². The molecule has 0 aromatic rings. The molecule has 0 rings (SSSR count). The van der Waals surface area contributed by atoms with Gasteiger partial charge in [0.2, 0.25) is 0 Å². The van der Waals surface area contributed by atoms with E-state index < -0.39 is 0 Å². The first-order chi connectivity index (χ1) is 6.24. The molecule has 0 aromatic heterocycles. The fourth-order valence-electron chi connectivity index (χ4n) is 1.42. The Morgan fingerprint density at radius 2 is 2.00 bits per heavy atom. The monoisotopic (exact) mass is 183 g/mol. The van der Waals surface area contributed by atoms with E-state index in [1.165, 1.54) is 24.8 Å². The third-order valence-corrected chi connectivity index (χ3v) is 2.62. The van der Waals surface area contributed by atoms with Crippen molar-refractivity contribution in [1.82, 2.24) is 0 Å². The van der Waals surface area contributed by atoms with Gasteiger partial charge in [0.1, 0.15) is 0 Å². The summed E-state index contributed by atoms with van der Waals surface area (Å²) < 4.78 is 0. The first kappa shape index (κ1) is 12.3. The van der Waals surface area contributed by atoms with Crippen molar-refractivity contribution in [2.75, 3.05) is 6.54 Å². The number of nitrogens with zero attached hydrogens (tertiary/aromatic N) is 1. The van der Waals surface area contributed by atoms with Crippen LogP contribution in [0.5, 0.6) is 0 Å². The predicted octanol–water partition coefficient (Wildman–Crippen LogP) is 3.92. The summed E-state index contributed by atoms with van der Waals surface area (Å²) in [7, 11) is 0. The SMILES string of the molecule is CCC(CC)CC/C(C)=C/CN=O. The molecule has 0 heterocycles. The Bertz CT molecular complexity index is 159. The minimum absolute atomic E-state index is 0.328. The topological polar surface area (TPSA) is 29.4 Å². The third kappa shape index (κ3) is 6.50. The van der Waals surface area contributed by atoms with Crippen molar-refractivity contribution in [3.63, 3.8) is 0 Å². The Balaban J connectivity index is 3.66. The van der Waals surface area contributed by atoms with Crippen LogP contribution in [-0.4, -0.2) is 6.54 Å². The van der Waals surface area contributed by atoms with E-state index in [9.17, 15) is 4.91 Å². The molecule has 0 aliphatic rings. The van der Waals surface area contributed by atoms with Gasteiger partial charge in [0.25, 0.3) is 0 Å². The Labute approximate surface area is 81.4 Å². The zero-order valence-corrected chi connectivity index (χ0v) is 9.05. The number of allylic oxidation sites excluding steroid dienone is 1. The lowest BCUT2D eigenvalue weighted by Gasteiger charge is -2.11. The highest BCUT2D eigenvalue weighted by molar-refractivity contribution is 4.99. The maximum atomic E-state index is 9.87. The molecule has 0 atom stereocenters. The summed E-state index contributed by atoms with van der Waals surface area (Å²) in [5, 5.41) is 2.82. The average molecular weight is 183 g/mol. The normalized spacial score (nSPS) is 12.2. The zero-order chi connectivity index (χ0) is 10.1. The van der Waals surface area contributed by atoms with Gasteiger partial charge in [0.15, 0.2) is 0 Å². The van der Waals surface area contributed by atoms with E-state index in [4.69, 9.17) is 0 Å². The van der Waals surface area contributed by atoms with Gasteiger partial charge in [-0.2, -0.15) is 4.91 Å². The minimum Gasteiger partial charge on any atom is -0.150 e. The van der Waals surface area contributed by atoms with Gasteiger partial charge in [-0.25, -0.2) is 0 Å². The molecular formula is C11H21NO. The highest BCUT2D eigenvalue weighted by Gasteiger charge is 2.02. The summed E-state index contributed by atoms with van der Waals surface area (Å²) in [6.45, 7) is 6.88. The standard InChI is InChI=1S/C11H21NO/c1-4-11(5-2)7-6-10(3)8-9-12-13/h8,11H,4-7,9H2,1-3H3/b10-8+. The molecule has 13 heavy (non-hydrogen) atoms. The maximum absolute atomic E-state index is 9.87. The molecule has 76 valence electrons. The van der Waals surface area contributed by atoms with Crippen molar-refractivity contribution in [2.24, 2.45) is 11.1 Å². The second-order valence-electron chi connectivity index (χ2n) is 3.58. The van der Waals surface area contributed by atoms with Crippen molar-refractivity contribution in [1.29, 1.82) is 0 Å². The minimum atomic E-state index is 0.328. The molecule has 2 nitrogen and oxygen atoms in total. The van der Waals surface area contributed by atoms with Crippen LogP contribution in [0.2, 0.25) is 0 Å². The maximum Gasteiger partial charge on any atom is 0.0994 e. The van der Waals surface area contributed by atoms with Crippen LogP contribution < -0.4 is 0 Å². The van der Waals surface area contributed by atoms with Gasteiger partial charge in [0.05, 0.1) is 6.54 Å². The van der Waals surface area contributed by atoms with E-state index in [2.05, 4.69) is 25.9 Å². The largest absolute Gasteiger partial charge is 0.150 e. The highest BCUT2D eigenvalue weighted by Crippen LogP contribution is 2.17. The van der Waals surface area contributed by atoms with Crippen LogP contribution in [0.4, 0.5) is 0 Å². The molecule has 0 amide bonds. The molecule has 0 bridgehead atoms. The van der Waals surface area contributed by atoms with E-state index in [1.807, 2.05) is 6.08 Å². The third-order valence-electron chi connectivity index (χ3n) is 2.62. The van der Waals surface area contributed by atoms with Crippen molar-refractivity contribution in [3.8, 4) is 0 Å². The molecule has 0 radical (unpaired) electrons. The molecule has 0 saturated carbocycles. The van der Waals surface area contributed by atoms with Crippen molar-refractivity contribution in [2.45, 2.75) is 46.5 Å². The molecule has 2 heteroatoms. The fraction of sp³-hybridized carbons (Fsp3) is 0.818. The van der Waals surface area contributed by atoms with Gasteiger partial charge < -0.3 is 0 Å². The van der Waals surface area contributed by atoms with E-state index in [-0.39, 0.29) is 0 Å². The number of hydrogen-bond acceptors (Lipinski definition) is 2. The second kappa shape index (κ2) is 7.96. The predicted molar refractivity (Wildman–Crippen MR) is 57.7 cm³/mol. The summed E-state index contributed by atoms with van der Waals surface area (Å²) in [4.78, 5) is 9.87. The molecular weight excluding hydrogens is 162 g/mol. The van der Waals surface area contributed by atoms with E-state index in [0.717, 1.165) is 12.3 Å². The summed E-state index contributed by atoms with van der Waals surface area (Å²) in [6.07, 6.45) is 6.80. The van der Waals surface area contributed by atoms with Gasteiger partial charge in [0, 0.05) is 0 Å². The van der Waals surface area contributed by atoms with Crippen LogP contribution in [0.15, 0.2) is 16.8 Å². The lowest BCUT2D eigenvalue weighted by atomic mass is 9.95. The van der Waals surface area contributed by atoms with E-state index in [0.29, 0.717) is 6.54 Å².